The predicted molar refractivity (Wildman–Crippen MR) is 116 cm³/mol. The highest BCUT2D eigenvalue weighted by Crippen LogP contribution is 2.38. The zero-order valence-electron chi connectivity index (χ0n) is 18.3. The van der Waals surface area contributed by atoms with Gasteiger partial charge in [0.2, 0.25) is 18.5 Å². The van der Waals surface area contributed by atoms with Crippen molar-refractivity contribution in [3.63, 3.8) is 0 Å². The number of nitrogens with one attached hydrogen (secondary N) is 2. The molecule has 1 saturated heterocycles. The first-order valence-corrected chi connectivity index (χ1v) is 14.0. The molecule has 3 heterocycles. The fraction of sp³-hybridized carbons (Fsp3) is 0.722. The number of hydrogen-bond donors (Lipinski definition) is 2. The second kappa shape index (κ2) is 9.86. The largest absolute Gasteiger partial charge is 1.00 e. The van der Waals surface area contributed by atoms with Crippen molar-refractivity contribution in [1.29, 1.82) is 0 Å². The van der Waals surface area contributed by atoms with Crippen molar-refractivity contribution in [3.05, 3.63) is 16.7 Å². The Morgan fingerprint density at radius 3 is 2.80 bits per heavy atom. The number of halogens is 1. The summed E-state index contributed by atoms with van der Waals surface area (Å²) in [5.74, 6) is 0.655. The van der Waals surface area contributed by atoms with Gasteiger partial charge >= 0.3 is 5.56 Å². The first-order chi connectivity index (χ1) is 13.5. The lowest BCUT2D eigenvalue weighted by atomic mass is 10.2. The van der Waals surface area contributed by atoms with Crippen LogP contribution >= 0.6 is 11.8 Å². The maximum absolute atomic E-state index is 12.1. The van der Waals surface area contributed by atoms with Gasteiger partial charge < -0.3 is 43.6 Å². The Bertz CT molecular complexity index is 916. The molecule has 1 fully saturated rings. The van der Waals surface area contributed by atoms with E-state index in [9.17, 15) is 4.79 Å². The Labute approximate surface area is 199 Å². The Balaban J connectivity index is 0.00000320. The van der Waals surface area contributed by atoms with Gasteiger partial charge in [-0.1, -0.05) is 20.8 Å². The molecule has 4 N–H and O–H groups in total. The fourth-order valence-electron chi connectivity index (χ4n) is 3.07. The summed E-state index contributed by atoms with van der Waals surface area (Å²) in [5.41, 5.74) is 6.25. The minimum absolute atomic E-state index is 0. The summed E-state index contributed by atoms with van der Waals surface area (Å²) in [6.45, 7) is 11.6. The van der Waals surface area contributed by atoms with Crippen LogP contribution in [0.25, 0.3) is 11.2 Å². The van der Waals surface area contributed by atoms with E-state index in [1.54, 1.807) is 18.1 Å². The number of aromatic nitrogens is 4. The topological polar surface area (TPSA) is 119 Å². The molecule has 0 aliphatic carbocycles. The molecule has 3 rings (SSSR count). The zero-order valence-corrected chi connectivity index (χ0v) is 22.3. The van der Waals surface area contributed by atoms with Gasteiger partial charge in [-0.2, -0.15) is 9.55 Å². The van der Waals surface area contributed by atoms with Gasteiger partial charge in [0.15, 0.2) is 8.32 Å². The normalized spacial score (nSPS) is 22.4. The molecule has 2 aromatic rings. The van der Waals surface area contributed by atoms with E-state index in [0.29, 0.717) is 30.1 Å². The molecular weight excluding hydrogens is 537 g/mol. The third kappa shape index (κ3) is 5.38. The van der Waals surface area contributed by atoms with E-state index in [1.807, 2.05) is 10.8 Å². The quantitative estimate of drug-likeness (QED) is 0.253. The minimum Gasteiger partial charge on any atom is -1.00 e. The summed E-state index contributed by atoms with van der Waals surface area (Å²) < 4.78 is 20.6. The Hall–Kier alpha value is -0.673. The average Bonchev–Trinajstić information content (AvgIpc) is 3.21. The van der Waals surface area contributed by atoms with E-state index in [-0.39, 0.29) is 59.0 Å². The second-order valence-electron chi connectivity index (χ2n) is 8.88. The molecule has 0 spiro atoms. The lowest BCUT2D eigenvalue weighted by molar-refractivity contribution is -0.348. The number of thioether (sulfide) groups is 1. The van der Waals surface area contributed by atoms with Crippen LogP contribution in [0.3, 0.4) is 0 Å². The number of nitrogens with zero attached hydrogens (tertiary/aromatic N) is 2. The third-order valence-electron chi connectivity index (χ3n) is 5.82. The van der Waals surface area contributed by atoms with Crippen LogP contribution in [0.2, 0.25) is 18.1 Å². The van der Waals surface area contributed by atoms with Crippen LogP contribution in [-0.4, -0.2) is 53.9 Å². The van der Waals surface area contributed by atoms with Gasteiger partial charge in [-0.05, 0) is 24.4 Å². The molecule has 0 saturated carbocycles. The Morgan fingerprint density at radius 1 is 1.47 bits per heavy atom. The van der Waals surface area contributed by atoms with Gasteiger partial charge in [0.1, 0.15) is 6.10 Å². The van der Waals surface area contributed by atoms with Crippen LogP contribution in [0.15, 0.2) is 11.1 Å². The molecule has 1 aliphatic heterocycles. The summed E-state index contributed by atoms with van der Waals surface area (Å²) in [7, 11) is -1.91. The summed E-state index contributed by atoms with van der Waals surface area (Å²) >= 11 is 1.63. The van der Waals surface area contributed by atoms with Gasteiger partial charge in [0.25, 0.3) is 11.2 Å². The predicted octanol–water partition coefficient (Wildman–Crippen LogP) is -0.860. The van der Waals surface area contributed by atoms with Gasteiger partial charge in [-0.15, -0.1) is 11.8 Å². The van der Waals surface area contributed by atoms with Gasteiger partial charge in [-0.25, -0.2) is 4.98 Å². The minimum atomic E-state index is -1.91. The number of imidazole rings is 1. The molecule has 1 aliphatic rings. The fourth-order valence-corrected chi connectivity index (χ4v) is 4.39. The molecule has 0 amide bonds. The summed E-state index contributed by atoms with van der Waals surface area (Å²) in [4.78, 5) is 21.8. The van der Waals surface area contributed by atoms with Crippen LogP contribution < -0.4 is 40.3 Å². The number of H-pyrrole nitrogens is 2. The van der Waals surface area contributed by atoms with Crippen LogP contribution in [0.4, 0.5) is 5.95 Å². The smallest absolute Gasteiger partial charge is 0.304 e. The molecule has 0 radical (unpaired) electrons. The first kappa shape index (κ1) is 25.6. The van der Waals surface area contributed by atoms with Crippen molar-refractivity contribution in [3.8, 4) is 0 Å². The molecule has 0 unspecified atom stereocenters. The van der Waals surface area contributed by atoms with Crippen molar-refractivity contribution in [1.82, 2.24) is 14.5 Å². The van der Waals surface area contributed by atoms with E-state index in [4.69, 9.17) is 19.6 Å². The average molecular weight is 570 g/mol. The number of rotatable bonds is 7. The number of aromatic amines is 2. The molecule has 3 atom stereocenters. The molecular formula is C18H32IN5O4SSi. The molecule has 12 heteroatoms. The van der Waals surface area contributed by atoms with Crippen molar-refractivity contribution < 1.29 is 42.9 Å². The number of fused-ring (bicyclic) bond motifs is 1. The van der Waals surface area contributed by atoms with E-state index in [1.165, 1.54) is 0 Å². The first-order valence-electron chi connectivity index (χ1n) is 9.71. The maximum Gasteiger partial charge on any atom is 0.304 e. The lowest BCUT2D eigenvalue weighted by Gasteiger charge is -2.37. The van der Waals surface area contributed by atoms with E-state index >= 15 is 0 Å². The highest BCUT2D eigenvalue weighted by Gasteiger charge is 2.44. The van der Waals surface area contributed by atoms with Crippen molar-refractivity contribution >= 4 is 37.2 Å². The highest BCUT2D eigenvalue weighted by atomic mass is 127. The number of nitrogens with two attached hydrogens (primary N) is 1. The van der Waals surface area contributed by atoms with E-state index < -0.39 is 8.32 Å². The molecule has 9 nitrogen and oxygen atoms in total. The second-order valence-corrected chi connectivity index (χ2v) is 14.5. The maximum atomic E-state index is 12.1. The van der Waals surface area contributed by atoms with Crippen LogP contribution in [0, 0.1) is 0 Å². The molecule has 30 heavy (non-hydrogen) atoms. The molecule has 170 valence electrons. The highest BCUT2D eigenvalue weighted by molar-refractivity contribution is 7.98. The zero-order chi connectivity index (χ0) is 21.4. The standard InChI is InChI=1S/C18H31N5O4SSi.HI/c1-18(2,3)29(5,6)26-8-12-11(25-10-28-4)7-13(27-12)23-9-20-14-15(23)21-17(19)22-16(14)24;/h9,11-13H,7-8,10H2,1-6H3,(H3,19,21,22,24);1H/t11-,12+,13+;/m0./s1. The molecule has 2 aromatic heterocycles. The van der Waals surface area contributed by atoms with Crippen molar-refractivity contribution in [2.75, 3.05) is 24.5 Å². The monoisotopic (exact) mass is 569 g/mol. The van der Waals surface area contributed by atoms with E-state index in [2.05, 4.69) is 48.8 Å². The Morgan fingerprint density at radius 2 is 2.17 bits per heavy atom. The van der Waals surface area contributed by atoms with Gasteiger partial charge in [0.05, 0.1) is 18.6 Å². The van der Waals surface area contributed by atoms with Gasteiger partial charge in [0, 0.05) is 6.42 Å². The van der Waals surface area contributed by atoms with Crippen molar-refractivity contribution in [2.45, 2.75) is 63.8 Å². The molecule has 0 aromatic carbocycles. The summed E-state index contributed by atoms with van der Waals surface area (Å²) in [6.07, 6.45) is 3.71. The van der Waals surface area contributed by atoms with Crippen LogP contribution in [-0.2, 0) is 13.9 Å². The number of nitrogen functional groups attached to an aromatic ring is 1. The van der Waals surface area contributed by atoms with E-state index in [0.717, 1.165) is 0 Å². The van der Waals surface area contributed by atoms with Crippen LogP contribution in [0.1, 0.15) is 33.4 Å². The van der Waals surface area contributed by atoms with Crippen molar-refractivity contribution in [2.24, 2.45) is 0 Å². The summed E-state index contributed by atoms with van der Waals surface area (Å²) in [5, 5.41) is 0.120. The van der Waals surface area contributed by atoms with Gasteiger partial charge in [-0.3, -0.25) is 9.78 Å². The lowest BCUT2D eigenvalue weighted by Crippen LogP contribution is -3.00. The van der Waals surface area contributed by atoms with Crippen LogP contribution in [0.5, 0.6) is 0 Å². The number of ether oxygens (including phenoxy) is 2. The number of hydrogen-bond acceptors (Lipinski definition) is 7. The summed E-state index contributed by atoms with van der Waals surface area (Å²) in [6, 6.07) is 0. The third-order valence-corrected chi connectivity index (χ3v) is 10.7. The Kier molecular flexibility index (Phi) is 8.41. The number of anilines is 1. The SMILES string of the molecule is CSCO[C@H]1C[C@H](n2c[nH+]c3c(=O)[nH]c(N)nc32)O[C@@H]1CO[Si](C)(C)C(C)(C)C.[I-]. The molecule has 0 bridgehead atoms.